The van der Waals surface area contributed by atoms with E-state index in [-0.39, 0.29) is 11.1 Å². The summed E-state index contributed by atoms with van der Waals surface area (Å²) in [6.45, 7) is 2.69. The summed E-state index contributed by atoms with van der Waals surface area (Å²) in [7, 11) is 0. The Balaban J connectivity index is 1.80. The normalized spacial score (nSPS) is 15.8. The first kappa shape index (κ1) is 18.5. The topological polar surface area (TPSA) is 46.6 Å². The van der Waals surface area contributed by atoms with Crippen LogP contribution in [0.15, 0.2) is 53.4 Å². The average Bonchev–Trinajstić information content (AvgIpc) is 2.90. The van der Waals surface area contributed by atoms with Crippen LogP contribution >= 0.6 is 23.4 Å². The van der Waals surface area contributed by atoms with Crippen LogP contribution in [0.4, 0.5) is 4.79 Å². The smallest absolute Gasteiger partial charge is 0.293 e. The van der Waals surface area contributed by atoms with Crippen molar-refractivity contribution in [2.24, 2.45) is 0 Å². The number of halogens is 1. The van der Waals surface area contributed by atoms with Crippen LogP contribution in [0.5, 0.6) is 5.75 Å². The molecule has 2 aromatic rings. The lowest BCUT2D eigenvalue weighted by atomic mass is 10.1. The van der Waals surface area contributed by atoms with Gasteiger partial charge in [-0.2, -0.15) is 0 Å². The average molecular weight is 388 g/mol. The number of amides is 2. The van der Waals surface area contributed by atoms with Crippen molar-refractivity contribution >= 4 is 40.6 Å². The maximum Gasteiger partial charge on any atom is 0.293 e. The molecule has 0 bridgehead atoms. The molecule has 1 heterocycles. The van der Waals surface area contributed by atoms with E-state index < -0.39 is 0 Å². The minimum Gasteiger partial charge on any atom is -0.488 e. The van der Waals surface area contributed by atoms with Gasteiger partial charge in [-0.3, -0.25) is 14.5 Å². The maximum absolute atomic E-state index is 12.4. The van der Waals surface area contributed by atoms with E-state index in [1.807, 2.05) is 55.5 Å². The molecule has 0 aromatic heterocycles. The lowest BCUT2D eigenvalue weighted by molar-refractivity contribution is -0.122. The predicted octanol–water partition coefficient (Wildman–Crippen LogP) is 5.37. The van der Waals surface area contributed by atoms with E-state index in [9.17, 15) is 9.59 Å². The van der Waals surface area contributed by atoms with Crippen molar-refractivity contribution in [3.8, 4) is 5.75 Å². The summed E-state index contributed by atoms with van der Waals surface area (Å²) < 4.78 is 5.90. The van der Waals surface area contributed by atoms with Crippen molar-refractivity contribution in [2.75, 3.05) is 6.54 Å². The van der Waals surface area contributed by atoms with Crippen LogP contribution in [0.3, 0.4) is 0 Å². The molecule has 0 saturated carbocycles. The van der Waals surface area contributed by atoms with Gasteiger partial charge in [-0.05, 0) is 36.4 Å². The lowest BCUT2D eigenvalue weighted by Gasteiger charge is -2.11. The van der Waals surface area contributed by atoms with Crippen molar-refractivity contribution in [2.45, 2.75) is 20.0 Å². The van der Waals surface area contributed by atoms with Gasteiger partial charge in [0.2, 0.25) is 0 Å². The molecule has 1 fully saturated rings. The Labute approximate surface area is 161 Å². The van der Waals surface area contributed by atoms with Gasteiger partial charge in [0, 0.05) is 22.7 Å². The molecule has 0 atom stereocenters. The second kappa shape index (κ2) is 8.43. The number of benzene rings is 2. The van der Waals surface area contributed by atoms with E-state index >= 15 is 0 Å². The van der Waals surface area contributed by atoms with E-state index in [2.05, 4.69) is 0 Å². The Morgan fingerprint density at radius 2 is 1.85 bits per heavy atom. The van der Waals surface area contributed by atoms with Crippen molar-refractivity contribution in [1.29, 1.82) is 0 Å². The van der Waals surface area contributed by atoms with Crippen molar-refractivity contribution in [1.82, 2.24) is 4.90 Å². The fraction of sp³-hybridized carbons (Fsp3) is 0.200. The Bertz CT molecular complexity index is 866. The van der Waals surface area contributed by atoms with Crippen LogP contribution in [0.2, 0.25) is 5.02 Å². The molecule has 6 heteroatoms. The number of imide groups is 1. The fourth-order valence-corrected chi connectivity index (χ4v) is 3.61. The summed E-state index contributed by atoms with van der Waals surface area (Å²) in [5.74, 6) is 0.387. The molecule has 4 nitrogen and oxygen atoms in total. The third-order valence-corrected chi connectivity index (χ3v) is 5.14. The molecular weight excluding hydrogens is 370 g/mol. The van der Waals surface area contributed by atoms with Gasteiger partial charge in [0.25, 0.3) is 11.1 Å². The summed E-state index contributed by atoms with van der Waals surface area (Å²) >= 11 is 7.13. The minimum atomic E-state index is -0.247. The molecule has 0 spiro atoms. The highest BCUT2D eigenvalue weighted by molar-refractivity contribution is 8.18. The van der Waals surface area contributed by atoms with Gasteiger partial charge in [-0.1, -0.05) is 54.9 Å². The van der Waals surface area contributed by atoms with Gasteiger partial charge in [0.15, 0.2) is 0 Å². The van der Waals surface area contributed by atoms with E-state index in [1.165, 1.54) is 4.90 Å². The highest BCUT2D eigenvalue weighted by Gasteiger charge is 2.34. The van der Waals surface area contributed by atoms with Crippen LogP contribution in [-0.4, -0.2) is 22.6 Å². The summed E-state index contributed by atoms with van der Waals surface area (Å²) in [5.41, 5.74) is 1.63. The van der Waals surface area contributed by atoms with Crippen LogP contribution in [0, 0.1) is 0 Å². The zero-order valence-corrected chi connectivity index (χ0v) is 15.8. The molecule has 3 rings (SSSR count). The van der Waals surface area contributed by atoms with E-state index in [4.69, 9.17) is 16.3 Å². The summed E-state index contributed by atoms with van der Waals surface area (Å²) in [6, 6.07) is 14.9. The third kappa shape index (κ3) is 4.11. The maximum atomic E-state index is 12.4. The quantitative estimate of drug-likeness (QED) is 0.625. The summed E-state index contributed by atoms with van der Waals surface area (Å²) in [4.78, 5) is 26.1. The monoisotopic (exact) mass is 387 g/mol. The molecule has 2 amide bonds. The molecule has 0 N–H and O–H groups in total. The van der Waals surface area contributed by atoms with E-state index in [0.29, 0.717) is 28.8 Å². The Morgan fingerprint density at radius 3 is 2.62 bits per heavy atom. The first-order valence-corrected chi connectivity index (χ1v) is 9.50. The molecule has 2 aromatic carbocycles. The Morgan fingerprint density at radius 1 is 1.12 bits per heavy atom. The van der Waals surface area contributed by atoms with Crippen LogP contribution in [0.1, 0.15) is 24.5 Å². The van der Waals surface area contributed by atoms with Crippen molar-refractivity contribution in [3.63, 3.8) is 0 Å². The van der Waals surface area contributed by atoms with Gasteiger partial charge in [-0.25, -0.2) is 0 Å². The molecule has 0 aliphatic carbocycles. The SMILES string of the molecule is CCCN1C(=O)SC(=Cc2ccccc2OCc2ccccc2Cl)C1=O. The van der Waals surface area contributed by atoms with Crippen LogP contribution < -0.4 is 4.74 Å². The number of nitrogens with zero attached hydrogens (tertiary/aromatic N) is 1. The molecule has 0 radical (unpaired) electrons. The number of thioether (sulfide) groups is 1. The molecule has 1 aliphatic heterocycles. The number of carbonyl (C=O) groups is 2. The second-order valence-corrected chi connectivity index (χ2v) is 7.15. The lowest BCUT2D eigenvalue weighted by Crippen LogP contribution is -2.28. The van der Waals surface area contributed by atoms with Crippen molar-refractivity contribution in [3.05, 3.63) is 69.6 Å². The minimum absolute atomic E-state index is 0.224. The molecule has 134 valence electrons. The van der Waals surface area contributed by atoms with Gasteiger partial charge < -0.3 is 4.74 Å². The number of carbonyl (C=O) groups excluding carboxylic acids is 2. The molecule has 26 heavy (non-hydrogen) atoms. The number of ether oxygens (including phenoxy) is 1. The first-order chi connectivity index (χ1) is 12.6. The third-order valence-electron chi connectivity index (χ3n) is 3.87. The highest BCUT2D eigenvalue weighted by atomic mass is 35.5. The predicted molar refractivity (Wildman–Crippen MR) is 105 cm³/mol. The molecular formula is C20H18ClNO3S. The number of para-hydroxylation sites is 1. The first-order valence-electron chi connectivity index (χ1n) is 8.30. The van der Waals surface area contributed by atoms with Crippen LogP contribution in [-0.2, 0) is 11.4 Å². The highest BCUT2D eigenvalue weighted by Crippen LogP contribution is 2.34. The standard InChI is InChI=1S/C20H18ClNO3S/c1-2-11-22-19(23)18(26-20(22)24)12-14-7-4-6-10-17(14)25-13-15-8-3-5-9-16(15)21/h3-10,12H,2,11,13H2,1H3. The fourth-order valence-electron chi connectivity index (χ4n) is 2.56. The van der Waals surface area contributed by atoms with E-state index in [1.54, 1.807) is 6.08 Å². The zero-order valence-electron chi connectivity index (χ0n) is 14.3. The largest absolute Gasteiger partial charge is 0.488 e. The van der Waals surface area contributed by atoms with Crippen LogP contribution in [0.25, 0.3) is 6.08 Å². The van der Waals surface area contributed by atoms with Gasteiger partial charge >= 0.3 is 0 Å². The molecule has 1 saturated heterocycles. The number of hydrogen-bond donors (Lipinski definition) is 0. The molecule has 0 unspecified atom stereocenters. The van der Waals surface area contributed by atoms with Gasteiger partial charge in [0.05, 0.1) is 4.91 Å². The zero-order chi connectivity index (χ0) is 18.5. The van der Waals surface area contributed by atoms with Gasteiger partial charge in [0.1, 0.15) is 12.4 Å². The Kier molecular flexibility index (Phi) is 6.01. The Hall–Kier alpha value is -2.24. The van der Waals surface area contributed by atoms with Crippen molar-refractivity contribution < 1.29 is 14.3 Å². The summed E-state index contributed by atoms with van der Waals surface area (Å²) in [5, 5.41) is 0.420. The molecule has 1 aliphatic rings. The second-order valence-electron chi connectivity index (χ2n) is 5.75. The number of rotatable bonds is 6. The number of hydrogen-bond acceptors (Lipinski definition) is 4. The summed E-state index contributed by atoms with van der Waals surface area (Å²) in [6.07, 6.45) is 2.45. The van der Waals surface area contributed by atoms with Gasteiger partial charge in [-0.15, -0.1) is 0 Å². The van der Waals surface area contributed by atoms with E-state index in [0.717, 1.165) is 29.3 Å².